The van der Waals surface area contributed by atoms with E-state index in [1.54, 1.807) is 12.1 Å². The molecule has 4 rings (SSSR count). The lowest BCUT2D eigenvalue weighted by atomic mass is 10.1. The van der Waals surface area contributed by atoms with Gasteiger partial charge in [-0.05, 0) is 50.3 Å². The van der Waals surface area contributed by atoms with Crippen LogP contribution >= 0.6 is 0 Å². The number of rotatable bonds is 6. The van der Waals surface area contributed by atoms with E-state index in [0.717, 1.165) is 57.4 Å². The average molecular weight is 453 g/mol. The topological polar surface area (TPSA) is 113 Å². The monoisotopic (exact) mass is 452 g/mol. The fraction of sp³-hybridized carbons (Fsp3) is 0.565. The van der Waals surface area contributed by atoms with Crippen molar-refractivity contribution < 1.29 is 4.92 Å². The van der Waals surface area contributed by atoms with E-state index in [2.05, 4.69) is 30.3 Å². The van der Waals surface area contributed by atoms with Crippen LogP contribution < -0.4 is 15.2 Å². The Labute approximate surface area is 194 Å². The van der Waals surface area contributed by atoms with Crippen molar-refractivity contribution in [1.82, 2.24) is 15.0 Å². The van der Waals surface area contributed by atoms with Gasteiger partial charge in [0.25, 0.3) is 5.69 Å². The smallest absolute Gasteiger partial charge is 0.269 e. The molecule has 0 saturated carbocycles. The van der Waals surface area contributed by atoms with Crippen molar-refractivity contribution in [1.29, 1.82) is 0 Å². The maximum Gasteiger partial charge on any atom is 0.269 e. The van der Waals surface area contributed by atoms with Gasteiger partial charge in [0, 0.05) is 38.3 Å². The minimum atomic E-state index is -0.409. The summed E-state index contributed by atoms with van der Waals surface area (Å²) >= 11 is 0. The van der Waals surface area contributed by atoms with Crippen molar-refractivity contribution in [3.05, 3.63) is 39.9 Å². The number of nitrogens with one attached hydrogen (secondary N) is 1. The van der Waals surface area contributed by atoms with Crippen LogP contribution in [0.5, 0.6) is 0 Å². The highest BCUT2D eigenvalue weighted by atomic mass is 16.6. The summed E-state index contributed by atoms with van der Waals surface area (Å²) in [7, 11) is 0. The number of nitro benzene ring substituents is 1. The largest absolute Gasteiger partial charge is 0.341 e. The number of benzene rings is 1. The molecule has 1 aromatic carbocycles. The van der Waals surface area contributed by atoms with Gasteiger partial charge in [-0.25, -0.2) is 5.43 Å². The molecule has 1 aromatic heterocycles. The first-order chi connectivity index (χ1) is 16.1. The van der Waals surface area contributed by atoms with Crippen molar-refractivity contribution in [2.75, 3.05) is 41.4 Å². The molecule has 2 saturated heterocycles. The number of hydrazone groups is 1. The molecule has 0 bridgehead atoms. The Hall–Kier alpha value is -3.30. The molecule has 0 aliphatic carbocycles. The summed E-state index contributed by atoms with van der Waals surface area (Å²) in [6.45, 7) is 5.66. The molecule has 33 heavy (non-hydrogen) atoms. The molecule has 0 amide bonds. The van der Waals surface area contributed by atoms with Crippen LogP contribution in [0.3, 0.4) is 0 Å². The van der Waals surface area contributed by atoms with Crippen LogP contribution in [0.1, 0.15) is 63.9 Å². The van der Waals surface area contributed by atoms with Gasteiger partial charge >= 0.3 is 0 Å². The van der Waals surface area contributed by atoms with Crippen LogP contribution in [0, 0.1) is 10.1 Å². The van der Waals surface area contributed by atoms with Crippen LogP contribution in [0.15, 0.2) is 29.4 Å². The van der Waals surface area contributed by atoms with Crippen molar-refractivity contribution in [3.8, 4) is 0 Å². The lowest BCUT2D eigenvalue weighted by Crippen LogP contribution is -2.30. The Morgan fingerprint density at radius 3 is 1.79 bits per heavy atom. The molecule has 2 aliphatic rings. The van der Waals surface area contributed by atoms with Crippen molar-refractivity contribution >= 4 is 29.2 Å². The van der Waals surface area contributed by atoms with E-state index in [-0.39, 0.29) is 5.69 Å². The van der Waals surface area contributed by atoms with Crippen molar-refractivity contribution in [2.45, 2.75) is 58.3 Å². The molecular formula is C23H32N8O2. The molecule has 10 heteroatoms. The SMILES string of the molecule is C/C(=N\Nc1nc(N2CCCCCC2)nc(N2CCCCCC2)n1)c1ccc([N+](=O)[O-])cc1. The summed E-state index contributed by atoms with van der Waals surface area (Å²) in [6.07, 6.45) is 9.54. The van der Waals surface area contributed by atoms with Gasteiger partial charge < -0.3 is 9.80 Å². The van der Waals surface area contributed by atoms with Gasteiger partial charge in [0.15, 0.2) is 0 Å². The zero-order chi connectivity index (χ0) is 23.0. The van der Waals surface area contributed by atoms with Gasteiger partial charge in [0.2, 0.25) is 17.8 Å². The Balaban J connectivity index is 1.58. The summed E-state index contributed by atoms with van der Waals surface area (Å²) in [6, 6.07) is 6.34. The minimum Gasteiger partial charge on any atom is -0.341 e. The molecule has 1 N–H and O–H groups in total. The number of nitro groups is 1. The van der Waals surface area contributed by atoms with E-state index in [1.807, 2.05) is 6.92 Å². The van der Waals surface area contributed by atoms with Crippen LogP contribution in [0.2, 0.25) is 0 Å². The number of anilines is 3. The van der Waals surface area contributed by atoms with Gasteiger partial charge in [0.1, 0.15) is 0 Å². The summed E-state index contributed by atoms with van der Waals surface area (Å²) in [5.41, 5.74) is 4.55. The second kappa shape index (κ2) is 11.0. The van der Waals surface area contributed by atoms with Crippen LogP contribution in [0.4, 0.5) is 23.5 Å². The molecule has 0 spiro atoms. The molecule has 2 aliphatic heterocycles. The van der Waals surface area contributed by atoms with Crippen LogP contribution in [0.25, 0.3) is 0 Å². The molecule has 0 unspecified atom stereocenters. The van der Waals surface area contributed by atoms with E-state index in [4.69, 9.17) is 4.98 Å². The normalized spacial score (nSPS) is 17.9. The molecule has 3 heterocycles. The highest BCUT2D eigenvalue weighted by Crippen LogP contribution is 2.22. The summed E-state index contributed by atoms with van der Waals surface area (Å²) in [5, 5.41) is 15.3. The van der Waals surface area contributed by atoms with Gasteiger partial charge in [-0.2, -0.15) is 20.1 Å². The summed E-state index contributed by atoms with van der Waals surface area (Å²) < 4.78 is 0. The minimum absolute atomic E-state index is 0.0566. The lowest BCUT2D eigenvalue weighted by Gasteiger charge is -2.24. The summed E-state index contributed by atoms with van der Waals surface area (Å²) in [5.74, 6) is 1.83. The van der Waals surface area contributed by atoms with Crippen molar-refractivity contribution in [2.24, 2.45) is 5.10 Å². The first-order valence-electron chi connectivity index (χ1n) is 11.9. The molecule has 2 fully saturated rings. The third-order valence-corrected chi connectivity index (χ3v) is 6.21. The highest BCUT2D eigenvalue weighted by molar-refractivity contribution is 5.99. The molecule has 2 aromatic rings. The maximum atomic E-state index is 10.9. The zero-order valence-corrected chi connectivity index (χ0v) is 19.2. The highest BCUT2D eigenvalue weighted by Gasteiger charge is 2.19. The second-order valence-electron chi connectivity index (χ2n) is 8.67. The number of hydrogen-bond acceptors (Lipinski definition) is 9. The Bertz CT molecular complexity index is 925. The lowest BCUT2D eigenvalue weighted by molar-refractivity contribution is -0.384. The Kier molecular flexibility index (Phi) is 7.64. The molecular weight excluding hydrogens is 420 g/mol. The Morgan fingerprint density at radius 1 is 0.848 bits per heavy atom. The molecule has 0 atom stereocenters. The van der Waals surface area contributed by atoms with Crippen LogP contribution in [-0.4, -0.2) is 51.8 Å². The molecule has 176 valence electrons. The number of aromatic nitrogens is 3. The summed E-state index contributed by atoms with van der Waals surface area (Å²) in [4.78, 5) is 29.2. The van der Waals surface area contributed by atoms with Gasteiger partial charge in [-0.15, -0.1) is 0 Å². The van der Waals surface area contributed by atoms with E-state index in [1.165, 1.54) is 37.8 Å². The quantitative estimate of drug-likeness (QED) is 0.390. The fourth-order valence-corrected chi connectivity index (χ4v) is 4.25. The predicted molar refractivity (Wildman–Crippen MR) is 130 cm³/mol. The molecule has 10 nitrogen and oxygen atoms in total. The standard InChI is InChI=1S/C23H32N8O2/c1-18(19-10-12-20(13-11-19)31(32)33)27-28-21-24-22(29-14-6-2-3-7-15-29)26-23(25-21)30-16-8-4-5-9-17-30/h10-13H,2-9,14-17H2,1H3,(H,24,25,26,28)/b27-18+. The van der Waals surface area contributed by atoms with E-state index >= 15 is 0 Å². The van der Waals surface area contributed by atoms with Crippen LogP contribution in [-0.2, 0) is 0 Å². The first kappa shape index (κ1) is 22.9. The third kappa shape index (κ3) is 6.15. The van der Waals surface area contributed by atoms with Crippen molar-refractivity contribution in [3.63, 3.8) is 0 Å². The number of hydrogen-bond donors (Lipinski definition) is 1. The maximum absolute atomic E-state index is 10.9. The van der Waals surface area contributed by atoms with E-state index in [0.29, 0.717) is 23.6 Å². The van der Waals surface area contributed by atoms with Gasteiger partial charge in [-0.3, -0.25) is 10.1 Å². The Morgan fingerprint density at radius 2 is 1.33 bits per heavy atom. The zero-order valence-electron chi connectivity index (χ0n) is 19.2. The number of non-ortho nitro benzene ring substituents is 1. The first-order valence-corrected chi connectivity index (χ1v) is 11.9. The fourth-order valence-electron chi connectivity index (χ4n) is 4.25. The predicted octanol–water partition coefficient (Wildman–Crippen LogP) is 4.38. The van der Waals surface area contributed by atoms with Gasteiger partial charge in [-0.1, -0.05) is 25.7 Å². The molecule has 0 radical (unpaired) electrons. The average Bonchev–Trinajstić information content (AvgIpc) is 3.28. The van der Waals surface area contributed by atoms with E-state index in [9.17, 15) is 10.1 Å². The number of nitrogens with zero attached hydrogens (tertiary/aromatic N) is 7. The second-order valence-corrected chi connectivity index (χ2v) is 8.67. The van der Waals surface area contributed by atoms with E-state index < -0.39 is 4.92 Å². The van der Waals surface area contributed by atoms with Gasteiger partial charge in [0.05, 0.1) is 10.6 Å². The third-order valence-electron chi connectivity index (χ3n) is 6.21.